The summed E-state index contributed by atoms with van der Waals surface area (Å²) in [4.78, 5) is 3.98. The molecule has 1 aromatic carbocycles. The van der Waals surface area contributed by atoms with E-state index < -0.39 is 0 Å². The van der Waals surface area contributed by atoms with Gasteiger partial charge in [0, 0.05) is 11.9 Å². The summed E-state index contributed by atoms with van der Waals surface area (Å²) in [5, 5.41) is 7.11. The number of anilines is 3. The fraction of sp³-hybridized carbons (Fsp3) is 0. The molecule has 0 bridgehead atoms. The molecule has 98 valence electrons. The van der Waals surface area contributed by atoms with Crippen LogP contribution in [0.25, 0.3) is 0 Å². The smallest absolute Gasteiger partial charge is 0.175 e. The maximum Gasteiger partial charge on any atom is 0.175 e. The van der Waals surface area contributed by atoms with Gasteiger partial charge in [0.1, 0.15) is 0 Å². The number of pyridine rings is 1. The summed E-state index contributed by atoms with van der Waals surface area (Å²) in [6, 6.07) is 6.96. The lowest BCUT2D eigenvalue weighted by Gasteiger charge is -2.11. The topological polar surface area (TPSA) is 63.0 Å². The second-order valence-electron chi connectivity index (χ2n) is 3.67. The summed E-state index contributed by atoms with van der Waals surface area (Å²) < 4.78 is 0. The molecule has 0 amide bonds. The Labute approximate surface area is 125 Å². The van der Waals surface area contributed by atoms with Crippen molar-refractivity contribution < 1.29 is 0 Å². The summed E-state index contributed by atoms with van der Waals surface area (Å²) in [5.41, 5.74) is 7.45. The van der Waals surface area contributed by atoms with E-state index in [-0.39, 0.29) is 0 Å². The zero-order chi connectivity index (χ0) is 13.8. The van der Waals surface area contributed by atoms with Crippen LogP contribution >= 0.6 is 35.4 Å². The average molecular weight is 313 g/mol. The molecule has 2 aromatic rings. The van der Waals surface area contributed by atoms with Gasteiger partial charge < -0.3 is 16.4 Å². The number of nitrogens with two attached hydrogens (primary N) is 1. The number of hydrogen-bond donors (Lipinski definition) is 3. The number of benzene rings is 1. The van der Waals surface area contributed by atoms with E-state index in [0.717, 1.165) is 5.69 Å². The molecular weight excluding hydrogens is 303 g/mol. The Morgan fingerprint density at radius 3 is 2.37 bits per heavy atom. The zero-order valence-corrected chi connectivity index (χ0v) is 12.0. The molecule has 2 rings (SSSR count). The fourth-order valence-electron chi connectivity index (χ4n) is 1.39. The summed E-state index contributed by atoms with van der Waals surface area (Å²) in [6.07, 6.45) is 3.35. The highest BCUT2D eigenvalue weighted by molar-refractivity contribution is 7.80. The van der Waals surface area contributed by atoms with E-state index in [9.17, 15) is 0 Å². The van der Waals surface area contributed by atoms with E-state index in [2.05, 4.69) is 15.6 Å². The Kier molecular flexibility index (Phi) is 4.42. The maximum atomic E-state index is 5.94. The summed E-state index contributed by atoms with van der Waals surface area (Å²) in [7, 11) is 0. The van der Waals surface area contributed by atoms with Crippen LogP contribution in [0.2, 0.25) is 10.0 Å². The average Bonchev–Trinajstić information content (AvgIpc) is 2.37. The number of hydrogen-bond acceptors (Lipinski definition) is 3. The molecule has 0 aliphatic heterocycles. The fourth-order valence-corrected chi connectivity index (χ4v) is 2.11. The molecule has 0 atom stereocenters. The number of halogens is 2. The van der Waals surface area contributed by atoms with Crippen LogP contribution in [-0.2, 0) is 0 Å². The van der Waals surface area contributed by atoms with E-state index in [1.807, 2.05) is 12.1 Å². The highest BCUT2D eigenvalue weighted by atomic mass is 35.5. The SMILES string of the molecule is Nc1c(Cl)cc(NC(=S)Nc2cccnc2)cc1Cl. The van der Waals surface area contributed by atoms with E-state index in [4.69, 9.17) is 41.2 Å². The van der Waals surface area contributed by atoms with Gasteiger partial charge in [-0.05, 0) is 36.5 Å². The monoisotopic (exact) mass is 312 g/mol. The number of thiocarbonyl (C=S) groups is 1. The van der Waals surface area contributed by atoms with Crippen LogP contribution in [0.1, 0.15) is 0 Å². The quantitative estimate of drug-likeness (QED) is 0.582. The Bertz CT molecular complexity index is 581. The van der Waals surface area contributed by atoms with Crippen LogP contribution in [0.5, 0.6) is 0 Å². The molecule has 0 spiro atoms. The van der Waals surface area contributed by atoms with Gasteiger partial charge in [0.05, 0.1) is 27.6 Å². The van der Waals surface area contributed by atoms with Crippen molar-refractivity contribution in [2.24, 2.45) is 0 Å². The van der Waals surface area contributed by atoms with Crippen molar-refractivity contribution in [1.82, 2.24) is 4.98 Å². The van der Waals surface area contributed by atoms with E-state index in [0.29, 0.717) is 26.5 Å². The minimum absolute atomic E-state index is 0.347. The van der Waals surface area contributed by atoms with Crippen molar-refractivity contribution in [2.75, 3.05) is 16.4 Å². The molecule has 0 radical (unpaired) electrons. The molecule has 0 saturated carbocycles. The second kappa shape index (κ2) is 6.06. The van der Waals surface area contributed by atoms with Crippen molar-refractivity contribution in [2.45, 2.75) is 0 Å². The predicted octanol–water partition coefficient (Wildman–Crippen LogP) is 3.78. The van der Waals surface area contributed by atoms with Gasteiger partial charge in [-0.25, -0.2) is 0 Å². The molecule has 0 fully saturated rings. The Morgan fingerprint density at radius 1 is 1.16 bits per heavy atom. The third kappa shape index (κ3) is 3.70. The van der Waals surface area contributed by atoms with E-state index >= 15 is 0 Å². The first-order valence-corrected chi connectivity index (χ1v) is 6.45. The van der Waals surface area contributed by atoms with Gasteiger partial charge in [-0.15, -0.1) is 0 Å². The molecule has 4 N–H and O–H groups in total. The molecule has 1 aromatic heterocycles. The lowest BCUT2D eigenvalue weighted by molar-refractivity contribution is 1.33. The lowest BCUT2D eigenvalue weighted by Crippen LogP contribution is -2.19. The largest absolute Gasteiger partial charge is 0.396 e. The van der Waals surface area contributed by atoms with E-state index in [1.54, 1.807) is 24.5 Å². The van der Waals surface area contributed by atoms with Gasteiger partial charge in [0.2, 0.25) is 0 Å². The first-order chi connectivity index (χ1) is 9.06. The van der Waals surface area contributed by atoms with Crippen LogP contribution in [0, 0.1) is 0 Å². The number of nitrogens with one attached hydrogen (secondary N) is 2. The van der Waals surface area contributed by atoms with Crippen LogP contribution in [0.3, 0.4) is 0 Å². The normalized spacial score (nSPS) is 10.0. The van der Waals surface area contributed by atoms with Gasteiger partial charge in [0.25, 0.3) is 0 Å². The molecule has 0 unspecified atom stereocenters. The first kappa shape index (κ1) is 13.9. The van der Waals surface area contributed by atoms with Crippen LogP contribution < -0.4 is 16.4 Å². The van der Waals surface area contributed by atoms with Crippen molar-refractivity contribution >= 4 is 57.6 Å². The van der Waals surface area contributed by atoms with Gasteiger partial charge in [-0.3, -0.25) is 4.98 Å². The minimum atomic E-state index is 0.347. The predicted molar refractivity (Wildman–Crippen MR) is 85.0 cm³/mol. The zero-order valence-electron chi connectivity index (χ0n) is 9.65. The summed E-state index contributed by atoms with van der Waals surface area (Å²) >= 11 is 17.0. The van der Waals surface area contributed by atoms with Crippen LogP contribution in [0.4, 0.5) is 17.1 Å². The molecule has 7 heteroatoms. The van der Waals surface area contributed by atoms with Crippen LogP contribution in [0.15, 0.2) is 36.7 Å². The molecule has 0 saturated heterocycles. The van der Waals surface area contributed by atoms with Crippen LogP contribution in [-0.4, -0.2) is 10.1 Å². The van der Waals surface area contributed by atoms with Gasteiger partial charge in [-0.1, -0.05) is 23.2 Å². The number of aromatic nitrogens is 1. The standard InChI is InChI=1S/C12H10Cl2N4S/c13-9-4-8(5-10(14)11(9)15)18-12(19)17-7-2-1-3-16-6-7/h1-6H,15H2,(H2,17,18,19). The highest BCUT2D eigenvalue weighted by Gasteiger charge is 2.06. The van der Waals surface area contributed by atoms with Crippen molar-refractivity contribution in [1.29, 1.82) is 0 Å². The molecule has 19 heavy (non-hydrogen) atoms. The third-order valence-electron chi connectivity index (χ3n) is 2.26. The molecule has 0 aliphatic carbocycles. The summed E-state index contributed by atoms with van der Waals surface area (Å²) in [5.74, 6) is 0. The van der Waals surface area contributed by atoms with Gasteiger partial charge in [0.15, 0.2) is 5.11 Å². The van der Waals surface area contributed by atoms with Gasteiger partial charge >= 0.3 is 0 Å². The number of nitrogens with zero attached hydrogens (tertiary/aromatic N) is 1. The minimum Gasteiger partial charge on any atom is -0.396 e. The molecule has 4 nitrogen and oxygen atoms in total. The number of nitrogen functional groups attached to an aromatic ring is 1. The molecular formula is C12H10Cl2N4S. The lowest BCUT2D eigenvalue weighted by atomic mass is 10.3. The van der Waals surface area contributed by atoms with E-state index in [1.165, 1.54) is 0 Å². The van der Waals surface area contributed by atoms with Crippen molar-refractivity contribution in [3.63, 3.8) is 0 Å². The number of rotatable bonds is 2. The van der Waals surface area contributed by atoms with Crippen molar-refractivity contribution in [3.8, 4) is 0 Å². The van der Waals surface area contributed by atoms with Crippen molar-refractivity contribution in [3.05, 3.63) is 46.7 Å². The maximum absolute atomic E-state index is 5.94. The third-order valence-corrected chi connectivity index (χ3v) is 3.09. The Balaban J connectivity index is 2.07. The summed E-state index contributed by atoms with van der Waals surface area (Å²) in [6.45, 7) is 0. The van der Waals surface area contributed by atoms with Gasteiger partial charge in [-0.2, -0.15) is 0 Å². The Morgan fingerprint density at radius 2 is 1.79 bits per heavy atom. The first-order valence-electron chi connectivity index (χ1n) is 5.29. The molecule has 0 aliphatic rings. The Hall–Kier alpha value is -1.56. The second-order valence-corrected chi connectivity index (χ2v) is 4.90. The molecule has 1 heterocycles. The highest BCUT2D eigenvalue weighted by Crippen LogP contribution is 2.31.